The molecule has 0 aliphatic heterocycles. The molecule has 0 heterocycles. The number of carbonyl (C=O) groups is 1. The van der Waals surface area contributed by atoms with Crippen LogP contribution in [0, 0.1) is 0 Å². The van der Waals surface area contributed by atoms with Crippen LogP contribution in [0.15, 0.2) is 58.3 Å². The summed E-state index contributed by atoms with van der Waals surface area (Å²) in [6.07, 6.45) is 0. The summed E-state index contributed by atoms with van der Waals surface area (Å²) in [7, 11) is 1.65. The van der Waals surface area contributed by atoms with Crippen LogP contribution < -0.4 is 15.8 Å². The molecule has 21 heavy (non-hydrogen) atoms. The van der Waals surface area contributed by atoms with E-state index in [1.54, 1.807) is 25.8 Å². The van der Waals surface area contributed by atoms with E-state index in [9.17, 15) is 4.79 Å². The van der Waals surface area contributed by atoms with Gasteiger partial charge in [0.1, 0.15) is 5.75 Å². The van der Waals surface area contributed by atoms with Crippen molar-refractivity contribution in [3.8, 4) is 5.75 Å². The second kappa shape index (κ2) is 7.15. The Labute approximate surface area is 128 Å². The molecule has 0 fully saturated rings. The summed E-state index contributed by atoms with van der Waals surface area (Å²) in [6, 6.07) is 15.0. The fraction of sp³-hybridized carbons (Fsp3) is 0.188. The van der Waals surface area contributed by atoms with Gasteiger partial charge in [-0.05, 0) is 55.5 Å². The van der Waals surface area contributed by atoms with Gasteiger partial charge in [-0.3, -0.25) is 4.79 Å². The van der Waals surface area contributed by atoms with Crippen molar-refractivity contribution in [3.05, 3.63) is 48.5 Å². The summed E-state index contributed by atoms with van der Waals surface area (Å²) in [5.41, 5.74) is 6.26. The number of amides is 1. The summed E-state index contributed by atoms with van der Waals surface area (Å²) in [6.45, 7) is 1.66. The fourth-order valence-electron chi connectivity index (χ4n) is 1.64. The van der Waals surface area contributed by atoms with Gasteiger partial charge in [-0.2, -0.15) is 0 Å². The molecule has 0 aliphatic carbocycles. The SMILES string of the molecule is COc1ccc(Sc2ccc(NC(=O)C(C)N)cc2)cc1. The molecule has 2 rings (SSSR count). The summed E-state index contributed by atoms with van der Waals surface area (Å²) in [5.74, 6) is 0.652. The Bertz CT molecular complexity index is 595. The molecule has 0 radical (unpaired) electrons. The minimum absolute atomic E-state index is 0.189. The van der Waals surface area contributed by atoms with E-state index in [-0.39, 0.29) is 5.91 Å². The molecule has 3 N–H and O–H groups in total. The number of benzene rings is 2. The van der Waals surface area contributed by atoms with Crippen molar-refractivity contribution in [3.63, 3.8) is 0 Å². The van der Waals surface area contributed by atoms with Crippen molar-refractivity contribution in [2.75, 3.05) is 12.4 Å². The normalized spacial score (nSPS) is 11.8. The molecule has 2 aromatic carbocycles. The minimum atomic E-state index is -0.515. The van der Waals surface area contributed by atoms with E-state index in [4.69, 9.17) is 10.5 Å². The Kier molecular flexibility index (Phi) is 5.25. The maximum Gasteiger partial charge on any atom is 0.240 e. The lowest BCUT2D eigenvalue weighted by molar-refractivity contribution is -0.117. The second-order valence-electron chi connectivity index (χ2n) is 4.58. The Morgan fingerprint density at radius 1 is 1.10 bits per heavy atom. The fourth-order valence-corrected chi connectivity index (χ4v) is 2.46. The first-order valence-corrected chi connectivity index (χ1v) is 7.38. The maximum atomic E-state index is 11.5. The van der Waals surface area contributed by atoms with Crippen molar-refractivity contribution in [1.82, 2.24) is 0 Å². The lowest BCUT2D eigenvalue weighted by atomic mass is 10.3. The van der Waals surface area contributed by atoms with Gasteiger partial charge in [0.15, 0.2) is 0 Å². The third kappa shape index (κ3) is 4.51. The van der Waals surface area contributed by atoms with Crippen LogP contribution in [0.1, 0.15) is 6.92 Å². The monoisotopic (exact) mass is 302 g/mol. The van der Waals surface area contributed by atoms with Gasteiger partial charge in [-0.1, -0.05) is 11.8 Å². The topological polar surface area (TPSA) is 64.3 Å². The number of anilines is 1. The average Bonchev–Trinajstić information content (AvgIpc) is 2.50. The lowest BCUT2D eigenvalue weighted by Gasteiger charge is -2.08. The van der Waals surface area contributed by atoms with Gasteiger partial charge in [0, 0.05) is 15.5 Å². The van der Waals surface area contributed by atoms with E-state index in [1.807, 2.05) is 48.5 Å². The molecule has 4 nitrogen and oxygen atoms in total. The third-order valence-electron chi connectivity index (χ3n) is 2.83. The number of methoxy groups -OCH3 is 1. The molecule has 0 aromatic heterocycles. The highest BCUT2D eigenvalue weighted by Crippen LogP contribution is 2.29. The van der Waals surface area contributed by atoms with Gasteiger partial charge < -0.3 is 15.8 Å². The Morgan fingerprint density at radius 2 is 1.62 bits per heavy atom. The van der Waals surface area contributed by atoms with Crippen LogP contribution in [0.3, 0.4) is 0 Å². The van der Waals surface area contributed by atoms with Gasteiger partial charge in [0.25, 0.3) is 0 Å². The number of rotatable bonds is 5. The van der Waals surface area contributed by atoms with E-state index in [1.165, 1.54) is 0 Å². The number of carbonyl (C=O) groups excluding carboxylic acids is 1. The molecule has 0 saturated carbocycles. The summed E-state index contributed by atoms with van der Waals surface area (Å²) in [4.78, 5) is 13.7. The number of hydrogen-bond donors (Lipinski definition) is 2. The maximum absolute atomic E-state index is 11.5. The zero-order valence-corrected chi connectivity index (χ0v) is 12.8. The van der Waals surface area contributed by atoms with Crippen LogP contribution in [-0.2, 0) is 4.79 Å². The van der Waals surface area contributed by atoms with Crippen molar-refractivity contribution < 1.29 is 9.53 Å². The molecule has 0 bridgehead atoms. The smallest absolute Gasteiger partial charge is 0.240 e. The highest BCUT2D eigenvalue weighted by Gasteiger charge is 2.07. The predicted molar refractivity (Wildman–Crippen MR) is 85.8 cm³/mol. The first-order chi connectivity index (χ1) is 10.1. The van der Waals surface area contributed by atoms with Crippen LogP contribution in [-0.4, -0.2) is 19.1 Å². The van der Waals surface area contributed by atoms with E-state index < -0.39 is 6.04 Å². The summed E-state index contributed by atoms with van der Waals surface area (Å²) < 4.78 is 5.13. The molecule has 5 heteroatoms. The Morgan fingerprint density at radius 3 is 2.10 bits per heavy atom. The van der Waals surface area contributed by atoms with Crippen molar-refractivity contribution in [2.24, 2.45) is 5.73 Å². The first kappa shape index (κ1) is 15.4. The number of ether oxygens (including phenoxy) is 1. The van der Waals surface area contributed by atoms with Crippen molar-refractivity contribution >= 4 is 23.4 Å². The Hall–Kier alpha value is -1.98. The summed E-state index contributed by atoms with van der Waals surface area (Å²) >= 11 is 1.65. The number of nitrogens with two attached hydrogens (primary N) is 1. The predicted octanol–water partition coefficient (Wildman–Crippen LogP) is 3.13. The molecule has 0 aliphatic rings. The molecule has 1 unspecified atom stereocenters. The van der Waals surface area contributed by atoms with Crippen molar-refractivity contribution in [2.45, 2.75) is 22.8 Å². The van der Waals surface area contributed by atoms with E-state index >= 15 is 0 Å². The van der Waals surface area contributed by atoms with Gasteiger partial charge in [0.2, 0.25) is 5.91 Å². The molecular formula is C16H18N2O2S. The highest BCUT2D eigenvalue weighted by atomic mass is 32.2. The standard InChI is InChI=1S/C16H18N2O2S/c1-11(17)16(19)18-12-3-7-14(8-4-12)21-15-9-5-13(20-2)6-10-15/h3-11H,17H2,1-2H3,(H,18,19). The molecular weight excluding hydrogens is 284 g/mol. The number of hydrogen-bond acceptors (Lipinski definition) is 4. The van der Waals surface area contributed by atoms with Gasteiger partial charge in [-0.15, -0.1) is 0 Å². The quantitative estimate of drug-likeness (QED) is 0.890. The zero-order chi connectivity index (χ0) is 15.2. The lowest BCUT2D eigenvalue weighted by Crippen LogP contribution is -2.32. The van der Waals surface area contributed by atoms with Crippen LogP contribution in [0.2, 0.25) is 0 Å². The Balaban J connectivity index is 2.00. The average molecular weight is 302 g/mol. The van der Waals surface area contributed by atoms with Gasteiger partial charge in [-0.25, -0.2) is 0 Å². The number of nitrogens with one attached hydrogen (secondary N) is 1. The van der Waals surface area contributed by atoms with E-state index in [2.05, 4.69) is 5.32 Å². The molecule has 1 atom stereocenters. The van der Waals surface area contributed by atoms with E-state index in [0.717, 1.165) is 21.2 Å². The first-order valence-electron chi connectivity index (χ1n) is 6.57. The molecule has 0 spiro atoms. The van der Waals surface area contributed by atoms with Crippen LogP contribution in [0.4, 0.5) is 5.69 Å². The minimum Gasteiger partial charge on any atom is -0.497 e. The largest absolute Gasteiger partial charge is 0.497 e. The van der Waals surface area contributed by atoms with Crippen LogP contribution >= 0.6 is 11.8 Å². The zero-order valence-electron chi connectivity index (χ0n) is 12.0. The molecule has 110 valence electrons. The molecule has 0 saturated heterocycles. The third-order valence-corrected chi connectivity index (χ3v) is 3.85. The van der Waals surface area contributed by atoms with Crippen LogP contribution in [0.5, 0.6) is 5.75 Å². The van der Waals surface area contributed by atoms with Gasteiger partial charge >= 0.3 is 0 Å². The summed E-state index contributed by atoms with van der Waals surface area (Å²) in [5, 5.41) is 2.76. The second-order valence-corrected chi connectivity index (χ2v) is 5.73. The van der Waals surface area contributed by atoms with Gasteiger partial charge in [0.05, 0.1) is 13.2 Å². The van der Waals surface area contributed by atoms with E-state index in [0.29, 0.717) is 0 Å². The highest BCUT2D eigenvalue weighted by molar-refractivity contribution is 7.99. The van der Waals surface area contributed by atoms with Crippen LogP contribution in [0.25, 0.3) is 0 Å². The van der Waals surface area contributed by atoms with Crippen molar-refractivity contribution in [1.29, 1.82) is 0 Å². The molecule has 1 amide bonds. The molecule has 2 aromatic rings.